The number of hydrogen-bond donors (Lipinski definition) is 0. The van der Waals surface area contributed by atoms with Gasteiger partial charge in [-0.2, -0.15) is 0 Å². The Bertz CT molecular complexity index is 384. The van der Waals surface area contributed by atoms with E-state index >= 15 is 0 Å². The molecule has 1 atom stereocenters. The Balaban J connectivity index is 2.49. The van der Waals surface area contributed by atoms with Gasteiger partial charge in [-0.25, -0.2) is 4.39 Å². The van der Waals surface area contributed by atoms with Crippen LogP contribution >= 0.6 is 0 Å². The normalized spacial score (nSPS) is 12.9. The first-order valence-corrected chi connectivity index (χ1v) is 5.43. The standard InChI is InChI=1S/C14H17FO2/c1-5-12(17-14(2,3)4)10-16-13-8-6-11(15)7-9-13/h1,6-9,12H,10H2,2-4H3. The van der Waals surface area contributed by atoms with Crippen LogP contribution in [0.15, 0.2) is 24.3 Å². The second-order valence-corrected chi connectivity index (χ2v) is 4.65. The zero-order valence-electron chi connectivity index (χ0n) is 10.4. The highest BCUT2D eigenvalue weighted by molar-refractivity contribution is 5.22. The molecule has 0 fully saturated rings. The van der Waals surface area contributed by atoms with E-state index in [0.29, 0.717) is 5.75 Å². The van der Waals surface area contributed by atoms with E-state index in [9.17, 15) is 4.39 Å². The summed E-state index contributed by atoms with van der Waals surface area (Å²) in [5.74, 6) is 2.80. The first kappa shape index (κ1) is 13.5. The van der Waals surface area contributed by atoms with Crippen LogP contribution in [0.3, 0.4) is 0 Å². The highest BCUT2D eigenvalue weighted by Crippen LogP contribution is 2.14. The number of terminal acetylenes is 1. The van der Waals surface area contributed by atoms with Crippen molar-refractivity contribution in [3.8, 4) is 18.1 Å². The fourth-order valence-electron chi connectivity index (χ4n) is 1.25. The van der Waals surface area contributed by atoms with Crippen LogP contribution in [-0.2, 0) is 4.74 Å². The summed E-state index contributed by atoms with van der Waals surface area (Å²) in [7, 11) is 0. The van der Waals surface area contributed by atoms with Crippen molar-refractivity contribution in [3.63, 3.8) is 0 Å². The number of benzene rings is 1. The Morgan fingerprint density at radius 2 is 1.88 bits per heavy atom. The van der Waals surface area contributed by atoms with Gasteiger partial charge >= 0.3 is 0 Å². The Kier molecular flexibility index (Phi) is 4.53. The second-order valence-electron chi connectivity index (χ2n) is 4.65. The quantitative estimate of drug-likeness (QED) is 0.748. The second kappa shape index (κ2) is 5.70. The molecule has 0 amide bonds. The van der Waals surface area contributed by atoms with Crippen molar-refractivity contribution < 1.29 is 13.9 Å². The van der Waals surface area contributed by atoms with E-state index in [0.717, 1.165) is 0 Å². The van der Waals surface area contributed by atoms with Gasteiger partial charge in [0.2, 0.25) is 0 Å². The van der Waals surface area contributed by atoms with Crippen LogP contribution in [0.1, 0.15) is 20.8 Å². The highest BCUT2D eigenvalue weighted by Gasteiger charge is 2.17. The van der Waals surface area contributed by atoms with E-state index < -0.39 is 6.10 Å². The summed E-state index contributed by atoms with van der Waals surface area (Å²) >= 11 is 0. The molecule has 92 valence electrons. The number of rotatable bonds is 4. The molecule has 1 unspecified atom stereocenters. The van der Waals surface area contributed by atoms with Crippen molar-refractivity contribution in [2.24, 2.45) is 0 Å². The van der Waals surface area contributed by atoms with Crippen LogP contribution in [-0.4, -0.2) is 18.3 Å². The van der Waals surface area contributed by atoms with Gasteiger partial charge in [0.25, 0.3) is 0 Å². The van der Waals surface area contributed by atoms with Crippen molar-refractivity contribution in [1.29, 1.82) is 0 Å². The van der Waals surface area contributed by atoms with Crippen LogP contribution in [0, 0.1) is 18.2 Å². The highest BCUT2D eigenvalue weighted by atomic mass is 19.1. The van der Waals surface area contributed by atoms with Crippen LogP contribution < -0.4 is 4.74 Å². The minimum atomic E-state index is -0.417. The van der Waals surface area contributed by atoms with E-state index in [1.54, 1.807) is 12.1 Å². The third-order valence-electron chi connectivity index (χ3n) is 1.90. The molecule has 0 aliphatic rings. The van der Waals surface area contributed by atoms with Crippen molar-refractivity contribution in [2.75, 3.05) is 6.61 Å². The summed E-state index contributed by atoms with van der Waals surface area (Å²) in [4.78, 5) is 0. The third kappa shape index (κ3) is 5.37. The average Bonchev–Trinajstić information content (AvgIpc) is 2.25. The smallest absolute Gasteiger partial charge is 0.152 e. The molecular formula is C14H17FO2. The van der Waals surface area contributed by atoms with Gasteiger partial charge in [-0.3, -0.25) is 0 Å². The predicted molar refractivity (Wildman–Crippen MR) is 65.4 cm³/mol. The maximum atomic E-state index is 12.7. The molecule has 0 radical (unpaired) electrons. The van der Waals surface area contributed by atoms with Crippen LogP contribution in [0.4, 0.5) is 4.39 Å². The third-order valence-corrected chi connectivity index (χ3v) is 1.90. The zero-order valence-corrected chi connectivity index (χ0v) is 10.4. The molecule has 0 N–H and O–H groups in total. The van der Waals surface area contributed by atoms with E-state index in [1.165, 1.54) is 12.1 Å². The van der Waals surface area contributed by atoms with Crippen molar-refractivity contribution in [2.45, 2.75) is 32.5 Å². The summed E-state index contributed by atoms with van der Waals surface area (Å²) < 4.78 is 23.7. The van der Waals surface area contributed by atoms with Gasteiger partial charge in [0, 0.05) is 0 Å². The van der Waals surface area contributed by atoms with Crippen molar-refractivity contribution in [3.05, 3.63) is 30.1 Å². The molecule has 0 aliphatic carbocycles. The number of hydrogen-bond acceptors (Lipinski definition) is 2. The molecule has 0 saturated heterocycles. The molecule has 2 nitrogen and oxygen atoms in total. The number of ether oxygens (including phenoxy) is 2. The zero-order chi connectivity index (χ0) is 12.9. The first-order valence-electron chi connectivity index (χ1n) is 5.43. The van der Waals surface area contributed by atoms with Gasteiger partial charge in [-0.1, -0.05) is 5.92 Å². The average molecular weight is 236 g/mol. The van der Waals surface area contributed by atoms with Crippen LogP contribution in [0.2, 0.25) is 0 Å². The molecule has 1 aromatic carbocycles. The lowest BCUT2D eigenvalue weighted by atomic mass is 10.2. The summed E-state index contributed by atoms with van der Waals surface area (Å²) in [6.07, 6.45) is 4.94. The van der Waals surface area contributed by atoms with E-state index in [2.05, 4.69) is 5.92 Å². The molecule has 0 heterocycles. The fourth-order valence-corrected chi connectivity index (χ4v) is 1.25. The molecule has 0 bridgehead atoms. The van der Waals surface area contributed by atoms with Gasteiger partial charge in [0.15, 0.2) is 6.10 Å². The molecule has 0 spiro atoms. The van der Waals surface area contributed by atoms with Gasteiger partial charge in [-0.05, 0) is 45.0 Å². The maximum Gasteiger partial charge on any atom is 0.152 e. The molecule has 3 heteroatoms. The Morgan fingerprint density at radius 3 is 2.35 bits per heavy atom. The molecule has 0 saturated carbocycles. The molecule has 1 rings (SSSR count). The maximum absolute atomic E-state index is 12.7. The van der Waals surface area contributed by atoms with Crippen molar-refractivity contribution in [1.82, 2.24) is 0 Å². The Labute approximate surface area is 102 Å². The summed E-state index contributed by atoms with van der Waals surface area (Å²) in [6, 6.07) is 5.79. The van der Waals surface area contributed by atoms with Crippen LogP contribution in [0.25, 0.3) is 0 Å². The van der Waals surface area contributed by atoms with Crippen LogP contribution in [0.5, 0.6) is 5.75 Å². The molecular weight excluding hydrogens is 219 g/mol. The minimum Gasteiger partial charge on any atom is -0.490 e. The van der Waals surface area contributed by atoms with Gasteiger partial charge in [0.05, 0.1) is 5.60 Å². The molecule has 0 aliphatic heterocycles. The summed E-state index contributed by atoms with van der Waals surface area (Å²) in [5, 5.41) is 0. The molecule has 1 aromatic rings. The lowest BCUT2D eigenvalue weighted by Gasteiger charge is -2.24. The van der Waals surface area contributed by atoms with Crippen molar-refractivity contribution >= 4 is 0 Å². The van der Waals surface area contributed by atoms with E-state index in [4.69, 9.17) is 15.9 Å². The van der Waals surface area contributed by atoms with Gasteiger partial charge < -0.3 is 9.47 Å². The lowest BCUT2D eigenvalue weighted by Crippen LogP contribution is -2.30. The Morgan fingerprint density at radius 1 is 1.29 bits per heavy atom. The van der Waals surface area contributed by atoms with E-state index in [-0.39, 0.29) is 18.0 Å². The Hall–Kier alpha value is -1.53. The largest absolute Gasteiger partial charge is 0.490 e. The number of halogens is 1. The fraction of sp³-hybridized carbons (Fsp3) is 0.429. The topological polar surface area (TPSA) is 18.5 Å². The molecule has 0 aromatic heterocycles. The van der Waals surface area contributed by atoms with Gasteiger partial charge in [-0.15, -0.1) is 6.42 Å². The molecule has 17 heavy (non-hydrogen) atoms. The SMILES string of the molecule is C#CC(COc1ccc(F)cc1)OC(C)(C)C. The lowest BCUT2D eigenvalue weighted by molar-refractivity contribution is -0.0493. The monoisotopic (exact) mass is 236 g/mol. The summed E-state index contributed by atoms with van der Waals surface area (Å²) in [6.45, 7) is 6.03. The van der Waals surface area contributed by atoms with E-state index in [1.807, 2.05) is 20.8 Å². The first-order chi connectivity index (χ1) is 7.90. The van der Waals surface area contributed by atoms with Gasteiger partial charge in [0.1, 0.15) is 18.2 Å². The predicted octanol–water partition coefficient (Wildman–Crippen LogP) is 3.02. The summed E-state index contributed by atoms with van der Waals surface area (Å²) in [5.41, 5.74) is -0.316. The minimum absolute atomic E-state index is 0.249.